The molecule has 2 aromatic carbocycles. The number of carbonyl (C=O) groups excluding carboxylic acids is 2. The molecule has 3 atom stereocenters. The maximum atomic E-state index is 13.3. The number of aliphatic imine (C=N–C) groups is 1. The monoisotopic (exact) mass is 501 g/mol. The molecule has 0 bridgehead atoms. The van der Waals surface area contributed by atoms with Crippen LogP contribution in [0.3, 0.4) is 0 Å². The van der Waals surface area contributed by atoms with Gasteiger partial charge in [-0.05, 0) is 94.0 Å². The molecule has 0 fully saturated rings. The van der Waals surface area contributed by atoms with Gasteiger partial charge in [-0.2, -0.15) is 0 Å². The van der Waals surface area contributed by atoms with E-state index in [2.05, 4.69) is 44.0 Å². The number of nitrogens with zero attached hydrogens (tertiary/aromatic N) is 2. The van der Waals surface area contributed by atoms with Crippen molar-refractivity contribution < 1.29 is 14.3 Å². The van der Waals surface area contributed by atoms with Crippen molar-refractivity contribution in [2.75, 3.05) is 0 Å². The second-order valence-electron chi connectivity index (χ2n) is 12.4. The average Bonchev–Trinajstić information content (AvgIpc) is 3.12. The SMILES string of the molecule is C[C@H]1Cc2ccc(C(=O)CCC[C@H]3CC(C)(C)Oc4ccccc43)cc2[C@H]1N1C(=O)CC(C)(C)N=C1N. The van der Waals surface area contributed by atoms with Crippen LogP contribution in [0.5, 0.6) is 5.75 Å². The Morgan fingerprint density at radius 2 is 1.89 bits per heavy atom. The van der Waals surface area contributed by atoms with Gasteiger partial charge in [-0.1, -0.05) is 37.3 Å². The number of ketones is 1. The van der Waals surface area contributed by atoms with Gasteiger partial charge in [0.25, 0.3) is 0 Å². The zero-order valence-corrected chi connectivity index (χ0v) is 22.7. The molecule has 2 N–H and O–H groups in total. The van der Waals surface area contributed by atoms with E-state index in [1.54, 1.807) is 4.90 Å². The Morgan fingerprint density at radius 1 is 1.14 bits per heavy atom. The molecule has 1 amide bonds. The molecule has 0 radical (unpaired) electrons. The Balaban J connectivity index is 1.30. The lowest BCUT2D eigenvalue weighted by atomic mass is 9.81. The molecule has 0 unspecified atom stereocenters. The van der Waals surface area contributed by atoms with Crippen LogP contribution < -0.4 is 10.5 Å². The molecular weight excluding hydrogens is 462 g/mol. The van der Waals surface area contributed by atoms with Crippen LogP contribution in [-0.4, -0.2) is 33.7 Å². The second-order valence-corrected chi connectivity index (χ2v) is 12.4. The third kappa shape index (κ3) is 5.03. The van der Waals surface area contributed by atoms with Crippen molar-refractivity contribution >= 4 is 17.6 Å². The predicted octanol–water partition coefficient (Wildman–Crippen LogP) is 5.94. The summed E-state index contributed by atoms with van der Waals surface area (Å²) >= 11 is 0. The van der Waals surface area contributed by atoms with Gasteiger partial charge in [-0.25, -0.2) is 4.99 Å². The van der Waals surface area contributed by atoms with E-state index >= 15 is 0 Å². The molecule has 2 aliphatic heterocycles. The van der Waals surface area contributed by atoms with E-state index in [0.717, 1.165) is 37.0 Å². The number of fused-ring (bicyclic) bond motifs is 2. The zero-order chi connectivity index (χ0) is 26.5. The van der Waals surface area contributed by atoms with Crippen molar-refractivity contribution in [1.29, 1.82) is 0 Å². The van der Waals surface area contributed by atoms with Crippen molar-refractivity contribution in [1.82, 2.24) is 4.90 Å². The number of para-hydroxylation sites is 1. The fraction of sp³-hybridized carbons (Fsp3) is 0.516. The summed E-state index contributed by atoms with van der Waals surface area (Å²) in [6.45, 7) is 10.3. The fourth-order valence-electron chi connectivity index (χ4n) is 6.54. The molecular formula is C31H39N3O3. The summed E-state index contributed by atoms with van der Waals surface area (Å²) in [5, 5.41) is 0. The molecule has 0 saturated carbocycles. The predicted molar refractivity (Wildman–Crippen MR) is 146 cm³/mol. The highest BCUT2D eigenvalue weighted by Gasteiger charge is 2.42. The molecule has 3 aliphatic rings. The van der Waals surface area contributed by atoms with Gasteiger partial charge < -0.3 is 10.5 Å². The van der Waals surface area contributed by atoms with E-state index in [-0.39, 0.29) is 35.2 Å². The number of Topliss-reactive ketones (excluding diaryl/α,β-unsaturated/α-hetero) is 1. The van der Waals surface area contributed by atoms with Crippen LogP contribution in [0.4, 0.5) is 0 Å². The van der Waals surface area contributed by atoms with Crippen LogP contribution in [0, 0.1) is 5.92 Å². The third-order valence-corrected chi connectivity index (χ3v) is 8.10. The maximum absolute atomic E-state index is 13.3. The lowest BCUT2D eigenvalue weighted by Gasteiger charge is -2.38. The van der Waals surface area contributed by atoms with Crippen molar-refractivity contribution in [2.45, 2.75) is 96.2 Å². The van der Waals surface area contributed by atoms with Crippen LogP contribution in [-0.2, 0) is 11.2 Å². The first-order chi connectivity index (χ1) is 17.4. The number of benzene rings is 2. The quantitative estimate of drug-likeness (QED) is 0.496. The van der Waals surface area contributed by atoms with Gasteiger partial charge in [0, 0.05) is 12.0 Å². The lowest BCUT2D eigenvalue weighted by Crippen LogP contribution is -2.52. The highest BCUT2D eigenvalue weighted by atomic mass is 16.5. The van der Waals surface area contributed by atoms with E-state index < -0.39 is 5.54 Å². The molecule has 6 nitrogen and oxygen atoms in total. The van der Waals surface area contributed by atoms with Gasteiger partial charge in [0.15, 0.2) is 11.7 Å². The molecule has 0 aromatic heterocycles. The molecule has 2 aromatic rings. The minimum Gasteiger partial charge on any atom is -0.488 e. The molecule has 2 heterocycles. The Bertz CT molecular complexity index is 1260. The number of hydrogen-bond donors (Lipinski definition) is 1. The summed E-state index contributed by atoms with van der Waals surface area (Å²) in [6.07, 6.45) is 4.40. The Hall–Kier alpha value is -3.15. The number of ether oxygens (including phenoxy) is 1. The minimum atomic E-state index is -0.486. The Labute approximate surface area is 220 Å². The molecule has 0 spiro atoms. The van der Waals surface area contributed by atoms with Gasteiger partial charge in [-0.15, -0.1) is 0 Å². The number of nitrogens with two attached hydrogens (primary N) is 1. The van der Waals surface area contributed by atoms with E-state index in [0.29, 0.717) is 24.3 Å². The van der Waals surface area contributed by atoms with Gasteiger partial charge in [0.1, 0.15) is 11.4 Å². The van der Waals surface area contributed by atoms with Gasteiger partial charge in [0.2, 0.25) is 5.91 Å². The first-order valence-corrected chi connectivity index (χ1v) is 13.6. The van der Waals surface area contributed by atoms with E-state index in [4.69, 9.17) is 10.5 Å². The summed E-state index contributed by atoms with van der Waals surface area (Å²) in [4.78, 5) is 32.6. The van der Waals surface area contributed by atoms with Gasteiger partial charge in [0.05, 0.1) is 18.0 Å². The number of guanidine groups is 1. The first kappa shape index (κ1) is 25.5. The Kier molecular flexibility index (Phi) is 6.41. The smallest absolute Gasteiger partial charge is 0.232 e. The number of carbonyl (C=O) groups is 2. The summed E-state index contributed by atoms with van der Waals surface area (Å²) in [5.74, 6) is 1.98. The van der Waals surface area contributed by atoms with E-state index in [1.165, 1.54) is 11.1 Å². The summed E-state index contributed by atoms with van der Waals surface area (Å²) in [7, 11) is 0. The Morgan fingerprint density at radius 3 is 2.65 bits per heavy atom. The highest BCUT2D eigenvalue weighted by molar-refractivity contribution is 6.00. The number of amides is 1. The van der Waals surface area contributed by atoms with Crippen molar-refractivity contribution in [3.63, 3.8) is 0 Å². The number of rotatable bonds is 6. The van der Waals surface area contributed by atoms with Crippen LogP contribution in [0.15, 0.2) is 47.5 Å². The molecule has 6 heteroatoms. The standard InChI is InChI=1S/C31H39N3O3/c1-19-15-20-13-14-21(16-24(20)28(19)34-27(36)18-30(2,3)33-29(34)32)25(35)11-8-9-22-17-31(4,5)37-26-12-7-6-10-23(22)26/h6-7,10,12-14,16,19,22,28H,8-9,11,15,17-18H2,1-5H3,(H2,32,33)/t19-,22-,28-/m0/s1. The molecule has 196 valence electrons. The topological polar surface area (TPSA) is 85.0 Å². The van der Waals surface area contributed by atoms with Crippen molar-refractivity contribution in [2.24, 2.45) is 16.6 Å². The van der Waals surface area contributed by atoms with Crippen molar-refractivity contribution in [3.05, 3.63) is 64.7 Å². The van der Waals surface area contributed by atoms with Crippen LogP contribution in [0.2, 0.25) is 0 Å². The largest absolute Gasteiger partial charge is 0.488 e. The maximum Gasteiger partial charge on any atom is 0.232 e. The summed E-state index contributed by atoms with van der Waals surface area (Å²) < 4.78 is 6.17. The van der Waals surface area contributed by atoms with Crippen molar-refractivity contribution in [3.8, 4) is 5.75 Å². The van der Waals surface area contributed by atoms with Crippen LogP contribution in [0.25, 0.3) is 0 Å². The molecule has 0 saturated heterocycles. The van der Waals surface area contributed by atoms with Crippen LogP contribution >= 0.6 is 0 Å². The van der Waals surface area contributed by atoms with E-state index in [1.807, 2.05) is 38.1 Å². The zero-order valence-electron chi connectivity index (χ0n) is 22.7. The van der Waals surface area contributed by atoms with Gasteiger partial charge >= 0.3 is 0 Å². The first-order valence-electron chi connectivity index (χ1n) is 13.6. The van der Waals surface area contributed by atoms with E-state index in [9.17, 15) is 9.59 Å². The molecule has 5 rings (SSSR count). The molecule has 37 heavy (non-hydrogen) atoms. The lowest BCUT2D eigenvalue weighted by molar-refractivity contribution is -0.131. The fourth-order valence-corrected chi connectivity index (χ4v) is 6.54. The average molecular weight is 502 g/mol. The van der Waals surface area contributed by atoms with Crippen LogP contribution in [0.1, 0.15) is 106 Å². The highest BCUT2D eigenvalue weighted by Crippen LogP contribution is 2.44. The molecule has 1 aliphatic carbocycles. The summed E-state index contributed by atoms with van der Waals surface area (Å²) in [6, 6.07) is 14.1. The third-order valence-electron chi connectivity index (χ3n) is 8.10. The second kappa shape index (κ2) is 9.30. The minimum absolute atomic E-state index is 0.00130. The normalized spacial score (nSPS) is 25.6. The van der Waals surface area contributed by atoms with Gasteiger partial charge in [-0.3, -0.25) is 14.5 Å². The summed E-state index contributed by atoms with van der Waals surface area (Å²) in [5.41, 5.74) is 9.79. The number of hydrogen-bond acceptors (Lipinski definition) is 5.